The maximum Gasteiger partial charge on any atom is 0.320 e. The molecule has 0 saturated heterocycles. The predicted molar refractivity (Wildman–Crippen MR) is 279 cm³/mol. The van der Waals surface area contributed by atoms with Crippen molar-refractivity contribution in [1.82, 2.24) is 4.98 Å². The number of H-pyrrole nitrogens is 1. The Morgan fingerprint density at radius 3 is 1.42 bits per heavy atom. The number of nitrogens with two attached hydrogens (primary N) is 8. The molecule has 0 radical (unpaired) electrons. The van der Waals surface area contributed by atoms with Crippen molar-refractivity contribution >= 4 is 70.4 Å². The van der Waals surface area contributed by atoms with Gasteiger partial charge in [0, 0.05) is 29.9 Å². The van der Waals surface area contributed by atoms with Crippen LogP contribution in [-0.4, -0.2) is 154 Å². The summed E-state index contributed by atoms with van der Waals surface area (Å²) >= 11 is 1.58. The average Bonchev–Trinajstić information content (AvgIpc) is 3.84. The Morgan fingerprint density at radius 1 is 0.562 bits per heavy atom. The zero-order valence-electron chi connectivity index (χ0n) is 49.3. The number of carboxylic acids is 8. The van der Waals surface area contributed by atoms with E-state index >= 15 is 0 Å². The molecule has 3 rings (SSSR count). The van der Waals surface area contributed by atoms with E-state index in [0.717, 1.165) is 40.6 Å². The van der Waals surface area contributed by atoms with Crippen molar-refractivity contribution in [3.05, 3.63) is 71.9 Å². The Balaban J connectivity index is -0.000000431. The largest absolute Gasteiger partial charge is 0.481 e. The van der Waals surface area contributed by atoms with Crippen LogP contribution in [0.4, 0.5) is 0 Å². The van der Waals surface area contributed by atoms with Crippen LogP contribution in [0.3, 0.4) is 0 Å². The number of para-hydroxylation sites is 1. The van der Waals surface area contributed by atoms with Crippen LogP contribution in [0.1, 0.15) is 89.7 Å². The molecule has 0 unspecified atom stereocenters. The Hall–Kier alpha value is -6.23. The molecule has 25 nitrogen and oxygen atoms in total. The molecule has 26 heteroatoms. The third-order valence-electron chi connectivity index (χ3n) is 8.93. The van der Waals surface area contributed by atoms with Crippen LogP contribution in [0.25, 0.3) is 10.9 Å². The van der Waals surface area contributed by atoms with Crippen molar-refractivity contribution in [3.8, 4) is 0 Å². The molecular formula is C47H81N9O16S. The van der Waals surface area contributed by atoms with Gasteiger partial charge in [-0.25, -0.2) is 0 Å². The fourth-order valence-electron chi connectivity index (χ4n) is 4.88. The summed E-state index contributed by atoms with van der Waals surface area (Å²) in [6.45, 7) is 6.29. The highest BCUT2D eigenvalue weighted by atomic mass is 32.2. The first-order chi connectivity index (χ1) is 38.3. The number of nitrogens with one attached hydrogen (secondary N) is 1. The minimum absolute atomic E-state index is 0.0752. The zero-order valence-corrected chi connectivity index (χ0v) is 42.2. The number of aromatic nitrogens is 1. The summed E-state index contributed by atoms with van der Waals surface area (Å²) in [4.78, 5) is 85.6. The number of carbonyl (C=O) groups is 8. The van der Waals surface area contributed by atoms with Gasteiger partial charge in [0.05, 0.1) is 0 Å². The lowest BCUT2D eigenvalue weighted by Gasteiger charge is -2.07. The van der Waals surface area contributed by atoms with Crippen LogP contribution in [-0.2, 0) is 51.2 Å². The van der Waals surface area contributed by atoms with E-state index in [-0.39, 0.29) is 12.8 Å². The molecule has 0 fully saturated rings. The van der Waals surface area contributed by atoms with E-state index in [2.05, 4.69) is 10.7 Å². The Bertz CT molecular complexity index is 2190. The first-order valence-electron chi connectivity index (χ1n) is 26.5. The Morgan fingerprint density at radius 2 is 1.01 bits per heavy atom. The van der Waals surface area contributed by atoms with E-state index in [0.29, 0.717) is 57.4 Å². The van der Waals surface area contributed by atoms with E-state index in [9.17, 15) is 38.4 Å². The molecule has 3 aromatic rings. The molecule has 0 bridgehead atoms. The standard InChI is InChI=1S/C11H12N2O2.C9H11NO2.C6H14N2O2.C6H13NO2.C5H9NO4.C5H11NO2S.C5H11NO2/c12-9(11(14)15)5-7-6-13-10-4-2-1-3-8(7)10;10-8(9(11)12)6-7-4-2-1-3-5-7;7-4-2-1-3-5(8)6(9)10;1-4(2)3-5(7)6(8)9;6-3(5(9)10)1-2-4(7)8;1-9-3-2-4(6)5(7)8;1-2-3-4(6)5(7)8/h1-4,6,9,13H,5,12H2,(H,14,15);1-5,8H,6,10H2,(H,11,12);5H,1-4,7-8H2,(H,9,10);4-5H,3,7H2,1-2H3,(H,8,9);3H,1-2,6H2,(H,7,8)(H,9,10);4H,2-3,6H2,1H3,(H,7,8);4H,2-3,6H2,1H3,(H,7,8)/t9-;8-;2*5-;3-;2*4-/m0000000/s1/i/hD8. The number of fused-ring (bicyclic) bond motifs is 1. The van der Waals surface area contributed by atoms with Gasteiger partial charge >= 0.3 is 47.8 Å². The molecule has 2 aromatic carbocycles. The second-order valence-electron chi connectivity index (χ2n) is 15.9. The summed E-state index contributed by atoms with van der Waals surface area (Å²) in [5, 5.41) is 68.6. The number of unbranched alkanes of at least 4 members (excludes halogenated alkanes) is 1. The molecule has 0 amide bonds. The number of hydrogen-bond donors (Lipinski definition) is 17. The number of hydrogen-bond acceptors (Lipinski definition) is 17. The average molecular weight is 1070 g/mol. The van der Waals surface area contributed by atoms with Gasteiger partial charge in [0.15, 0.2) is 0 Å². The summed E-state index contributed by atoms with van der Waals surface area (Å²) in [5.41, 5.74) is 18.7. The molecule has 0 aliphatic carbocycles. The van der Waals surface area contributed by atoms with Gasteiger partial charge in [0.1, 0.15) is 53.6 Å². The van der Waals surface area contributed by atoms with E-state index in [4.69, 9.17) is 52.1 Å². The van der Waals surface area contributed by atoms with Crippen LogP contribution in [0, 0.1) is 5.92 Å². The monoisotopic (exact) mass is 1070 g/mol. The molecule has 0 spiro atoms. The van der Waals surface area contributed by atoms with Crippen LogP contribution in [0.2, 0.25) is 11.3 Å². The van der Waals surface area contributed by atoms with Gasteiger partial charge in [-0.1, -0.05) is 82.1 Å². The highest BCUT2D eigenvalue weighted by Gasteiger charge is 2.16. The topological polar surface area (TPSA) is 522 Å². The van der Waals surface area contributed by atoms with Crippen molar-refractivity contribution in [3.63, 3.8) is 0 Å². The molecule has 0 aliphatic heterocycles. The molecule has 0 saturated carbocycles. The maximum absolute atomic E-state index is 10.8. The van der Waals surface area contributed by atoms with Gasteiger partial charge in [0.25, 0.3) is 0 Å². The van der Waals surface area contributed by atoms with Crippen LogP contribution >= 0.6 is 11.8 Å². The number of carboxylic acid groups (broad SMARTS) is 8. The van der Waals surface area contributed by atoms with Crippen molar-refractivity contribution in [1.29, 1.82) is 0 Å². The van der Waals surface area contributed by atoms with Crippen LogP contribution in [0.15, 0.2) is 60.8 Å². The minimum atomic E-state index is -1.21. The SMILES string of the molecule is [2H]NCCCC[C@H](N[2H])C(=O)O.[2H]N[C@@H](CC(C)C)C(=O)O.[2H]N[C@@H](CCC(=O)O)C(=O)O.[2H]N[C@@H](CCC)C(=O)O.[2H]N[C@@H](CCSC)C(=O)O.[2H]N[C@@H](Cc1c[nH]c2ccccc12)C(=O)O.[2H]N[C@@H](Cc1ccccc1)C(=O)O. The molecule has 25 N–H and O–H groups in total. The zero-order chi connectivity index (χ0) is 62.9. The van der Waals surface area contributed by atoms with E-state index in [1.54, 1.807) is 23.7 Å². The number of aromatic amines is 1. The molecule has 416 valence electrons. The smallest absolute Gasteiger partial charge is 0.320 e. The fourth-order valence-corrected chi connectivity index (χ4v) is 5.35. The molecule has 0 aliphatic rings. The summed E-state index contributed by atoms with van der Waals surface area (Å²) in [7, 11) is 0. The van der Waals surface area contributed by atoms with Crippen LogP contribution in [0.5, 0.6) is 0 Å². The fraction of sp³-hybridized carbons (Fsp3) is 0.532. The molecular weight excluding hydrogens is 979 g/mol. The lowest BCUT2D eigenvalue weighted by Crippen LogP contribution is -2.32. The highest BCUT2D eigenvalue weighted by Crippen LogP contribution is 2.18. The minimum Gasteiger partial charge on any atom is -0.481 e. The van der Waals surface area contributed by atoms with Gasteiger partial charge in [0.2, 0.25) is 0 Å². The third kappa shape index (κ3) is 43.1. The van der Waals surface area contributed by atoms with Gasteiger partial charge in [-0.15, -0.1) is 0 Å². The Kier molecular flexibility index (Phi) is 35.1. The first-order valence-corrected chi connectivity index (χ1v) is 23.9. The lowest BCUT2D eigenvalue weighted by atomic mass is 10.1. The van der Waals surface area contributed by atoms with Crippen LogP contribution < -0.4 is 45.8 Å². The number of thioether (sulfide) groups is 1. The molecule has 73 heavy (non-hydrogen) atoms. The third-order valence-corrected chi connectivity index (χ3v) is 9.57. The van der Waals surface area contributed by atoms with Gasteiger partial charge in [-0.05, 0) is 86.6 Å². The second-order valence-corrected chi connectivity index (χ2v) is 16.9. The van der Waals surface area contributed by atoms with Crippen molar-refractivity contribution < 1.29 is 90.5 Å². The first kappa shape index (κ1) is 57.7. The molecule has 1 heterocycles. The van der Waals surface area contributed by atoms with Gasteiger partial charge in [-0.2, -0.15) is 11.8 Å². The quantitative estimate of drug-likeness (QED) is 0.0383. The lowest BCUT2D eigenvalue weighted by molar-refractivity contribution is -0.141. The van der Waals surface area contributed by atoms with Crippen molar-refractivity contribution in [2.75, 3.05) is 18.6 Å². The van der Waals surface area contributed by atoms with Gasteiger partial charge in [-0.3, -0.25) is 38.4 Å². The summed E-state index contributed by atoms with van der Waals surface area (Å²) < 4.78 is 53.4. The van der Waals surface area contributed by atoms with Crippen molar-refractivity contribution in [2.24, 2.45) is 51.7 Å². The summed E-state index contributed by atoms with van der Waals surface area (Å²) in [6, 6.07) is 11.2. The maximum atomic E-state index is 10.8. The predicted octanol–water partition coefficient (Wildman–Crippen LogP) is 1.35. The second kappa shape index (κ2) is 44.5. The number of benzene rings is 2. The summed E-state index contributed by atoms with van der Waals surface area (Å²) in [6.07, 6.45) is 8.19. The highest BCUT2D eigenvalue weighted by molar-refractivity contribution is 7.98. The van der Waals surface area contributed by atoms with Crippen molar-refractivity contribution in [2.45, 2.75) is 134 Å². The van der Waals surface area contributed by atoms with E-state index < -0.39 is 90.0 Å². The normalized spacial score (nSPS) is 14.4. The van der Waals surface area contributed by atoms with E-state index in [1.165, 1.54) is 0 Å². The number of aliphatic carboxylic acids is 8. The van der Waals surface area contributed by atoms with Gasteiger partial charge < -0.3 is 91.6 Å². The molecule has 1 aromatic heterocycles. The summed E-state index contributed by atoms with van der Waals surface area (Å²) in [5.74, 6) is -7.07. The van der Waals surface area contributed by atoms with E-state index in [1.807, 2.05) is 116 Å². The Labute approximate surface area is 441 Å². The number of rotatable bonds is 33. The molecule has 7 atom stereocenters.